The highest BCUT2D eigenvalue weighted by Crippen LogP contribution is 2.19. The van der Waals surface area contributed by atoms with E-state index in [1.54, 1.807) is 0 Å². The Labute approximate surface area is 165 Å². The summed E-state index contributed by atoms with van der Waals surface area (Å²) in [5, 5.41) is 0. The van der Waals surface area contributed by atoms with E-state index in [0.29, 0.717) is 0 Å². The van der Waals surface area contributed by atoms with Crippen LogP contribution in [0.3, 0.4) is 0 Å². The molecule has 1 heteroatoms. The van der Waals surface area contributed by atoms with Crippen LogP contribution in [0.1, 0.15) is 122 Å². The topological polar surface area (TPSA) is 26.0 Å². The Kier molecular flexibility index (Phi) is 22.0. The van der Waals surface area contributed by atoms with Gasteiger partial charge in [0.2, 0.25) is 0 Å². The van der Waals surface area contributed by atoms with Crippen LogP contribution in [-0.2, 0) is 0 Å². The lowest BCUT2D eigenvalue weighted by Crippen LogP contribution is -1.97. The third kappa shape index (κ3) is 19.8. The molecule has 0 fully saturated rings. The Morgan fingerprint density at radius 1 is 0.500 bits per heavy atom. The van der Waals surface area contributed by atoms with E-state index in [1.165, 1.54) is 109 Å². The predicted octanol–water partition coefficient (Wildman–Crippen LogP) is 8.35. The van der Waals surface area contributed by atoms with E-state index in [1.807, 2.05) is 0 Å². The minimum absolute atomic E-state index is 0.788. The first-order chi connectivity index (χ1) is 12.8. The highest BCUT2D eigenvalue weighted by molar-refractivity contribution is 4.79. The molecule has 0 saturated carbocycles. The van der Waals surface area contributed by atoms with Gasteiger partial charge in [0.25, 0.3) is 0 Å². The quantitative estimate of drug-likeness (QED) is 0.152. The van der Waals surface area contributed by atoms with Crippen molar-refractivity contribution in [2.45, 2.75) is 122 Å². The maximum Gasteiger partial charge on any atom is -0.00773 e. The van der Waals surface area contributed by atoms with Gasteiger partial charge >= 0.3 is 0 Å². The molecule has 0 aliphatic heterocycles. The number of allylic oxidation sites excluding steroid dienone is 2. The van der Waals surface area contributed by atoms with E-state index in [0.717, 1.165) is 25.3 Å². The van der Waals surface area contributed by atoms with E-state index in [4.69, 9.17) is 5.73 Å². The molecule has 0 heterocycles. The first-order valence-corrected chi connectivity index (χ1v) is 11.8. The molecule has 0 amide bonds. The minimum Gasteiger partial charge on any atom is -0.330 e. The second kappa shape index (κ2) is 22.5. The summed E-state index contributed by atoms with van der Waals surface area (Å²) in [7, 11) is 0. The van der Waals surface area contributed by atoms with Crippen LogP contribution < -0.4 is 5.73 Å². The number of hydrogen-bond acceptors (Lipinski definition) is 1. The third-order valence-electron chi connectivity index (χ3n) is 5.57. The molecule has 0 bridgehead atoms. The summed E-state index contributed by atoms with van der Waals surface area (Å²) < 4.78 is 0. The van der Waals surface area contributed by atoms with E-state index in [9.17, 15) is 0 Å². The molecule has 0 aliphatic rings. The smallest absolute Gasteiger partial charge is 0.00773 e. The van der Waals surface area contributed by atoms with Crippen LogP contribution in [-0.4, -0.2) is 6.54 Å². The molecular formula is C25H49N. The van der Waals surface area contributed by atoms with Crippen molar-refractivity contribution in [3.8, 4) is 0 Å². The number of nitrogens with two attached hydrogens (primary N) is 1. The number of rotatable bonds is 22. The SMILES string of the molecule is C=CCC(CC=C)CCCCCCCCCCCCCCCCCCN. The molecule has 0 aliphatic carbocycles. The number of unbranched alkanes of at least 4 members (excludes halogenated alkanes) is 15. The van der Waals surface area contributed by atoms with E-state index in [2.05, 4.69) is 25.3 Å². The summed E-state index contributed by atoms with van der Waals surface area (Å²) in [5.41, 5.74) is 5.51. The standard InChI is InChI=1S/C25H49N/c1-3-21-25(22-4-2)23-19-17-15-13-11-9-7-5-6-8-10-12-14-16-18-20-24-26/h3-4,25H,1-2,5-24,26H2. The highest BCUT2D eigenvalue weighted by Gasteiger charge is 2.04. The van der Waals surface area contributed by atoms with Crippen molar-refractivity contribution < 1.29 is 0 Å². The fourth-order valence-electron chi connectivity index (χ4n) is 3.86. The Balaban J connectivity index is 3.15. The largest absolute Gasteiger partial charge is 0.330 e. The minimum atomic E-state index is 0.788. The van der Waals surface area contributed by atoms with Crippen molar-refractivity contribution in [1.29, 1.82) is 0 Å². The third-order valence-corrected chi connectivity index (χ3v) is 5.57. The van der Waals surface area contributed by atoms with Crippen LogP contribution in [0.15, 0.2) is 25.3 Å². The Morgan fingerprint density at radius 2 is 0.808 bits per heavy atom. The van der Waals surface area contributed by atoms with Crippen LogP contribution in [0.4, 0.5) is 0 Å². The maximum atomic E-state index is 5.51. The molecule has 0 radical (unpaired) electrons. The van der Waals surface area contributed by atoms with Gasteiger partial charge in [-0.25, -0.2) is 0 Å². The lowest BCUT2D eigenvalue weighted by atomic mass is 9.94. The highest BCUT2D eigenvalue weighted by atomic mass is 14.5. The van der Waals surface area contributed by atoms with Gasteiger partial charge in [0.05, 0.1) is 0 Å². The first-order valence-electron chi connectivity index (χ1n) is 11.8. The Hall–Kier alpha value is -0.560. The van der Waals surface area contributed by atoms with E-state index < -0.39 is 0 Å². The van der Waals surface area contributed by atoms with Crippen molar-refractivity contribution in [1.82, 2.24) is 0 Å². The normalized spacial score (nSPS) is 11.2. The maximum absolute atomic E-state index is 5.51. The average Bonchev–Trinajstić information content (AvgIpc) is 2.64. The Bertz CT molecular complexity index is 274. The van der Waals surface area contributed by atoms with Gasteiger partial charge in [-0.2, -0.15) is 0 Å². The molecule has 0 atom stereocenters. The zero-order chi connectivity index (χ0) is 19.1. The molecule has 0 unspecified atom stereocenters. The van der Waals surface area contributed by atoms with Crippen LogP contribution in [0.25, 0.3) is 0 Å². The molecule has 0 aromatic rings. The molecule has 2 N–H and O–H groups in total. The van der Waals surface area contributed by atoms with Crippen LogP contribution >= 0.6 is 0 Å². The van der Waals surface area contributed by atoms with Crippen molar-refractivity contribution in [3.63, 3.8) is 0 Å². The van der Waals surface area contributed by atoms with Gasteiger partial charge in [-0.1, -0.05) is 108 Å². The lowest BCUT2D eigenvalue weighted by Gasteiger charge is -2.12. The van der Waals surface area contributed by atoms with E-state index in [-0.39, 0.29) is 0 Å². The van der Waals surface area contributed by atoms with Gasteiger partial charge in [-0.15, -0.1) is 13.2 Å². The van der Waals surface area contributed by atoms with Crippen molar-refractivity contribution in [2.24, 2.45) is 11.7 Å². The van der Waals surface area contributed by atoms with Crippen LogP contribution in [0.2, 0.25) is 0 Å². The zero-order valence-corrected chi connectivity index (χ0v) is 17.9. The molecule has 0 rings (SSSR count). The van der Waals surface area contributed by atoms with Gasteiger partial charge in [0, 0.05) is 0 Å². The lowest BCUT2D eigenvalue weighted by molar-refractivity contribution is 0.456. The van der Waals surface area contributed by atoms with E-state index >= 15 is 0 Å². The van der Waals surface area contributed by atoms with Crippen molar-refractivity contribution in [2.75, 3.05) is 6.54 Å². The number of hydrogen-bond donors (Lipinski definition) is 1. The average molecular weight is 364 g/mol. The van der Waals surface area contributed by atoms with Gasteiger partial charge in [0.1, 0.15) is 0 Å². The monoisotopic (exact) mass is 363 g/mol. The van der Waals surface area contributed by atoms with Crippen molar-refractivity contribution in [3.05, 3.63) is 25.3 Å². The molecule has 0 spiro atoms. The molecule has 1 nitrogen and oxygen atoms in total. The molecular weight excluding hydrogens is 314 g/mol. The second-order valence-electron chi connectivity index (χ2n) is 8.15. The first kappa shape index (κ1) is 25.4. The molecule has 26 heavy (non-hydrogen) atoms. The van der Waals surface area contributed by atoms with Crippen LogP contribution in [0, 0.1) is 5.92 Å². The fourth-order valence-corrected chi connectivity index (χ4v) is 3.86. The summed E-state index contributed by atoms with van der Waals surface area (Å²) in [5.74, 6) is 0.788. The summed E-state index contributed by atoms with van der Waals surface area (Å²) in [6.45, 7) is 8.61. The summed E-state index contributed by atoms with van der Waals surface area (Å²) in [4.78, 5) is 0. The second-order valence-corrected chi connectivity index (χ2v) is 8.15. The Morgan fingerprint density at radius 3 is 1.12 bits per heavy atom. The van der Waals surface area contributed by atoms with Crippen molar-refractivity contribution >= 4 is 0 Å². The van der Waals surface area contributed by atoms with Gasteiger partial charge in [0.15, 0.2) is 0 Å². The molecule has 0 aromatic carbocycles. The molecule has 0 saturated heterocycles. The van der Waals surface area contributed by atoms with Gasteiger partial charge < -0.3 is 5.73 Å². The van der Waals surface area contributed by atoms with Crippen LogP contribution in [0.5, 0.6) is 0 Å². The zero-order valence-electron chi connectivity index (χ0n) is 17.9. The fraction of sp³-hybridized carbons (Fsp3) is 0.840. The van der Waals surface area contributed by atoms with Gasteiger partial charge in [-0.3, -0.25) is 0 Å². The predicted molar refractivity (Wildman–Crippen MR) is 121 cm³/mol. The van der Waals surface area contributed by atoms with Gasteiger partial charge in [-0.05, 0) is 38.1 Å². The summed E-state index contributed by atoms with van der Waals surface area (Å²) >= 11 is 0. The molecule has 0 aromatic heterocycles. The summed E-state index contributed by atoms with van der Waals surface area (Å²) in [6, 6.07) is 0. The molecule has 154 valence electrons. The summed E-state index contributed by atoms with van der Waals surface area (Å²) in [6.07, 6.45) is 30.4.